The highest BCUT2D eigenvalue weighted by atomic mass is 16.8. The summed E-state index contributed by atoms with van der Waals surface area (Å²) in [6, 6.07) is 11.7. The number of carbonyl (C=O) groups excluding carboxylic acids is 1. The molecule has 0 unspecified atom stereocenters. The fourth-order valence-electron chi connectivity index (χ4n) is 7.09. The van der Waals surface area contributed by atoms with Gasteiger partial charge in [0.05, 0.1) is 30.4 Å². The normalized spacial score (nSPS) is 33.5. The molecule has 3 fully saturated rings. The molecule has 0 bridgehead atoms. The van der Waals surface area contributed by atoms with Gasteiger partial charge in [0.2, 0.25) is 18.3 Å². The van der Waals surface area contributed by atoms with Crippen molar-refractivity contribution in [2.45, 2.75) is 92.1 Å². The quantitative estimate of drug-likeness (QED) is 0.0389. The molecule has 0 spiro atoms. The van der Waals surface area contributed by atoms with Gasteiger partial charge in [-0.25, -0.2) is 9.21 Å². The van der Waals surface area contributed by atoms with Crippen molar-refractivity contribution in [1.82, 2.24) is 0 Å². The lowest BCUT2D eigenvalue weighted by Gasteiger charge is -2.45. The second kappa shape index (κ2) is 18.9. The van der Waals surface area contributed by atoms with Crippen LogP contribution in [0.2, 0.25) is 0 Å². The molecule has 1 aromatic heterocycles. The summed E-state index contributed by atoms with van der Waals surface area (Å²) < 4.78 is 46.5. The van der Waals surface area contributed by atoms with Crippen molar-refractivity contribution >= 4 is 16.9 Å². The van der Waals surface area contributed by atoms with Crippen LogP contribution in [-0.4, -0.2) is 189 Å². The number of esters is 1. The van der Waals surface area contributed by atoms with Crippen LogP contribution in [-0.2, 0) is 23.7 Å². The molecule has 23 nitrogen and oxygen atoms in total. The van der Waals surface area contributed by atoms with E-state index in [0.717, 1.165) is 24.3 Å². The van der Waals surface area contributed by atoms with Crippen molar-refractivity contribution in [2.75, 3.05) is 19.8 Å². The van der Waals surface area contributed by atoms with E-state index in [-0.39, 0.29) is 39.4 Å². The number of aromatic hydroxyl groups is 4. The van der Waals surface area contributed by atoms with E-state index in [0.29, 0.717) is 0 Å². The Balaban J connectivity index is 1.30. The summed E-state index contributed by atoms with van der Waals surface area (Å²) in [6.45, 7) is -2.41. The molecule has 342 valence electrons. The van der Waals surface area contributed by atoms with E-state index >= 15 is 0 Å². The van der Waals surface area contributed by atoms with E-state index < -0.39 is 141 Å². The summed E-state index contributed by atoms with van der Waals surface area (Å²) in [5.74, 6) is -3.75. The van der Waals surface area contributed by atoms with Crippen LogP contribution < -0.4 is 9.47 Å². The van der Waals surface area contributed by atoms with Gasteiger partial charge in [-0.3, -0.25) is 0 Å². The zero-order chi connectivity index (χ0) is 45.4. The van der Waals surface area contributed by atoms with Crippen LogP contribution in [0.3, 0.4) is 0 Å². The summed E-state index contributed by atoms with van der Waals surface area (Å²) in [7, 11) is 0. The average Bonchev–Trinajstić information content (AvgIpc) is 3.26. The van der Waals surface area contributed by atoms with E-state index in [1.165, 1.54) is 36.4 Å². The molecule has 4 aromatic rings. The van der Waals surface area contributed by atoms with Crippen molar-refractivity contribution in [2.24, 2.45) is 0 Å². The van der Waals surface area contributed by atoms with Gasteiger partial charge >= 0.3 is 17.3 Å². The Kier molecular flexibility index (Phi) is 13.7. The Morgan fingerprint density at radius 2 is 1.16 bits per heavy atom. The number of aliphatic hydroxyl groups excluding tert-OH is 10. The molecule has 0 saturated carbocycles. The minimum Gasteiger partial charge on any atom is -0.508 e. The molecular formula is C40H45O23+. The molecule has 3 aliphatic heterocycles. The Morgan fingerprint density at radius 1 is 0.571 bits per heavy atom. The number of ether oxygens (including phenoxy) is 7. The van der Waals surface area contributed by atoms with E-state index in [1.807, 2.05) is 0 Å². The van der Waals surface area contributed by atoms with Gasteiger partial charge in [-0.2, -0.15) is 0 Å². The number of benzene rings is 3. The van der Waals surface area contributed by atoms with Gasteiger partial charge in [0.25, 0.3) is 0 Å². The minimum atomic E-state index is -2.07. The van der Waals surface area contributed by atoms with Crippen LogP contribution in [0, 0.1) is 0 Å². The number of rotatable bonds is 12. The first-order chi connectivity index (χ1) is 30.0. The first-order valence-corrected chi connectivity index (χ1v) is 19.2. The lowest BCUT2D eigenvalue weighted by molar-refractivity contribution is -0.357. The highest BCUT2D eigenvalue weighted by molar-refractivity contribution is 5.90. The number of fused-ring (bicyclic) bond motifs is 1. The standard InChI is InChI=1S/C40H44O23/c41-11-24-27(47)30(50)33(53)38(60-24)58-22-9-17(44)8-21-18(22)10-23(35(57-21)15-3-6-19(45)20(46)7-15)59-40-36(63-39-34(54)31(51)28(48)25(12-42)61-39)32(52)29(49)26(62-40)13-56-37(55)14-1-4-16(43)5-2-14/h1-10,24-34,36,38-42,47-54H,11-13H2,(H3-,43,44,45,46,55)/p+1/t24-,25-,26-,27-,28-,29-,30+,31+,32+,33-,34-,36-,38-,39+,40-/m1/s1. The fraction of sp³-hybridized carbons (Fsp3) is 0.450. The molecule has 0 amide bonds. The summed E-state index contributed by atoms with van der Waals surface area (Å²) in [5, 5.41) is 146. The van der Waals surface area contributed by atoms with Gasteiger partial charge in [-0.05, 0) is 36.4 Å². The molecule has 15 atom stereocenters. The first kappa shape index (κ1) is 45.8. The highest BCUT2D eigenvalue weighted by Gasteiger charge is 2.52. The lowest BCUT2D eigenvalue weighted by Crippen LogP contribution is -2.65. The minimum absolute atomic E-state index is 0.0101. The van der Waals surface area contributed by atoms with E-state index in [4.69, 9.17) is 37.6 Å². The van der Waals surface area contributed by atoms with Gasteiger partial charge in [0.1, 0.15) is 96.4 Å². The molecule has 4 heterocycles. The van der Waals surface area contributed by atoms with Gasteiger partial charge < -0.3 is 105 Å². The van der Waals surface area contributed by atoms with Gasteiger partial charge in [-0.1, -0.05) is 0 Å². The Labute approximate surface area is 354 Å². The summed E-state index contributed by atoms with van der Waals surface area (Å²) in [6.07, 6.45) is -27.5. The zero-order valence-electron chi connectivity index (χ0n) is 32.5. The van der Waals surface area contributed by atoms with Gasteiger partial charge in [-0.15, -0.1) is 0 Å². The SMILES string of the molecule is O=C(OC[C@H]1O[C@@H](Oc2cc3c(O[C@@H]4O[C@H](CO)[C@@H](O)[C@H](O)[C@H]4O)cc(O)cc3[o+]c2-c2ccc(O)c(O)c2)[C@H](O[C@@H]2O[C@H](CO)[C@@H](O)[C@H](O)[C@H]2O)[C@@H](O)[C@@H]1O)c1ccc(O)cc1. The van der Waals surface area contributed by atoms with Crippen LogP contribution in [0.25, 0.3) is 22.3 Å². The summed E-state index contributed by atoms with van der Waals surface area (Å²) >= 11 is 0. The Bertz CT molecular complexity index is 2220. The monoisotopic (exact) mass is 893 g/mol. The topological polar surface area (TPSA) is 376 Å². The molecule has 3 aliphatic rings. The molecule has 0 aliphatic carbocycles. The molecule has 0 radical (unpaired) electrons. The fourth-order valence-corrected chi connectivity index (χ4v) is 7.09. The predicted octanol–water partition coefficient (Wildman–Crippen LogP) is -2.75. The summed E-state index contributed by atoms with van der Waals surface area (Å²) in [5.41, 5.74) is -0.204. The van der Waals surface area contributed by atoms with Crippen molar-refractivity contribution in [3.05, 3.63) is 66.2 Å². The molecule has 7 rings (SSSR count). The van der Waals surface area contributed by atoms with Crippen molar-refractivity contribution in [3.8, 4) is 45.8 Å². The Hall–Kier alpha value is -5.22. The second-order valence-electron chi connectivity index (χ2n) is 14.9. The van der Waals surface area contributed by atoms with Crippen LogP contribution in [0.4, 0.5) is 0 Å². The first-order valence-electron chi connectivity index (χ1n) is 19.2. The van der Waals surface area contributed by atoms with Crippen LogP contribution in [0.1, 0.15) is 10.4 Å². The van der Waals surface area contributed by atoms with Crippen LogP contribution in [0.15, 0.2) is 65.1 Å². The number of hydrogen-bond acceptors (Lipinski definition) is 22. The molecule has 3 aromatic carbocycles. The van der Waals surface area contributed by atoms with Crippen molar-refractivity contribution < 1.29 is 114 Å². The van der Waals surface area contributed by atoms with Crippen molar-refractivity contribution in [1.29, 1.82) is 0 Å². The number of aliphatic hydroxyl groups is 10. The van der Waals surface area contributed by atoms with Gasteiger partial charge in [0, 0.05) is 18.2 Å². The number of phenolic OH excluding ortho intramolecular Hbond substituents is 4. The smallest absolute Gasteiger partial charge is 0.402 e. The number of hydrogen-bond donors (Lipinski definition) is 14. The molecule has 3 saturated heterocycles. The average molecular weight is 894 g/mol. The largest absolute Gasteiger partial charge is 0.508 e. The highest BCUT2D eigenvalue weighted by Crippen LogP contribution is 2.44. The maximum Gasteiger partial charge on any atom is 0.402 e. The molecule has 23 heteroatoms. The summed E-state index contributed by atoms with van der Waals surface area (Å²) in [4.78, 5) is 12.9. The third-order valence-corrected chi connectivity index (χ3v) is 10.6. The maximum atomic E-state index is 12.9. The number of carbonyl (C=O) groups is 1. The molecule has 14 N–H and O–H groups in total. The number of phenols is 4. The van der Waals surface area contributed by atoms with Crippen LogP contribution in [0.5, 0.6) is 34.5 Å². The van der Waals surface area contributed by atoms with Crippen molar-refractivity contribution in [3.63, 3.8) is 0 Å². The maximum absolute atomic E-state index is 12.9. The Morgan fingerprint density at radius 3 is 1.79 bits per heavy atom. The van der Waals surface area contributed by atoms with Crippen LogP contribution >= 0.6 is 0 Å². The predicted molar refractivity (Wildman–Crippen MR) is 204 cm³/mol. The second-order valence-corrected chi connectivity index (χ2v) is 14.9. The molecular weight excluding hydrogens is 848 g/mol. The van der Waals surface area contributed by atoms with E-state index in [9.17, 15) is 76.3 Å². The third kappa shape index (κ3) is 9.38. The zero-order valence-corrected chi connectivity index (χ0v) is 32.5. The molecule has 63 heavy (non-hydrogen) atoms. The van der Waals surface area contributed by atoms with Gasteiger partial charge in [0.15, 0.2) is 23.9 Å². The van der Waals surface area contributed by atoms with E-state index in [2.05, 4.69) is 0 Å². The lowest BCUT2D eigenvalue weighted by atomic mass is 9.97. The van der Waals surface area contributed by atoms with E-state index in [1.54, 1.807) is 0 Å². The third-order valence-electron chi connectivity index (χ3n) is 10.6.